The number of alkyl carbamates (subject to hydrolysis) is 1. The third kappa shape index (κ3) is 3.75. The van der Waals surface area contributed by atoms with Crippen molar-refractivity contribution in [1.82, 2.24) is 10.2 Å². The fourth-order valence-corrected chi connectivity index (χ4v) is 5.29. The molecular formula is C22H22N2O5S. The Morgan fingerprint density at radius 2 is 1.70 bits per heavy atom. The number of thioether (sulfide) groups is 1. The lowest BCUT2D eigenvalue weighted by molar-refractivity contribution is -0.148. The second kappa shape index (κ2) is 8.39. The standard InChI is InChI=1S/C22H22N2O5S/c1-13-24(19(12-30-13)21(26)27)20(25)10-23-22(28)29-11-18-16-8-4-2-6-14(16)15-7-3-5-9-17(15)18/h2-9,13,18-19H,10-12H2,1H3,(H,23,28)(H,26,27). The molecule has 0 bridgehead atoms. The first kappa shape index (κ1) is 20.3. The van der Waals surface area contributed by atoms with Crippen LogP contribution >= 0.6 is 11.8 Å². The highest BCUT2D eigenvalue weighted by molar-refractivity contribution is 8.00. The van der Waals surface area contributed by atoms with Crippen LogP contribution in [0.15, 0.2) is 48.5 Å². The van der Waals surface area contributed by atoms with E-state index < -0.39 is 24.0 Å². The van der Waals surface area contributed by atoms with E-state index in [-0.39, 0.29) is 24.4 Å². The van der Waals surface area contributed by atoms with Crippen LogP contribution in [0.4, 0.5) is 4.79 Å². The summed E-state index contributed by atoms with van der Waals surface area (Å²) in [5, 5.41) is 11.5. The Bertz CT molecular complexity index is 949. The van der Waals surface area contributed by atoms with Crippen LogP contribution in [0.1, 0.15) is 24.0 Å². The minimum atomic E-state index is -1.04. The van der Waals surface area contributed by atoms with Crippen LogP contribution in [0, 0.1) is 0 Å². The number of hydrogen-bond donors (Lipinski definition) is 2. The van der Waals surface area contributed by atoms with Gasteiger partial charge in [-0.25, -0.2) is 9.59 Å². The lowest BCUT2D eigenvalue weighted by Crippen LogP contribution is -2.48. The number of carbonyl (C=O) groups excluding carboxylic acids is 2. The van der Waals surface area contributed by atoms with Gasteiger partial charge in [-0.15, -0.1) is 11.8 Å². The van der Waals surface area contributed by atoms with Crippen molar-refractivity contribution in [1.29, 1.82) is 0 Å². The van der Waals surface area contributed by atoms with Gasteiger partial charge in [0.25, 0.3) is 0 Å². The van der Waals surface area contributed by atoms with Crippen molar-refractivity contribution in [2.24, 2.45) is 0 Å². The first-order valence-corrected chi connectivity index (χ1v) is 10.8. The van der Waals surface area contributed by atoms with Gasteiger partial charge in [-0.05, 0) is 29.2 Å². The Kier molecular flexibility index (Phi) is 5.67. The molecule has 2 aromatic carbocycles. The summed E-state index contributed by atoms with van der Waals surface area (Å²) in [7, 11) is 0. The van der Waals surface area contributed by atoms with E-state index in [0.717, 1.165) is 22.3 Å². The number of carboxylic acid groups (broad SMARTS) is 1. The summed E-state index contributed by atoms with van der Waals surface area (Å²) in [4.78, 5) is 37.3. The fraction of sp³-hybridized carbons (Fsp3) is 0.318. The molecule has 2 amide bonds. The Hall–Kier alpha value is -3.00. The number of fused-ring (bicyclic) bond motifs is 3. The number of nitrogens with one attached hydrogen (secondary N) is 1. The molecule has 7 nitrogen and oxygen atoms in total. The van der Waals surface area contributed by atoms with Gasteiger partial charge >= 0.3 is 12.1 Å². The van der Waals surface area contributed by atoms with Gasteiger partial charge < -0.3 is 20.1 Å². The van der Waals surface area contributed by atoms with Crippen LogP contribution in [0.25, 0.3) is 11.1 Å². The van der Waals surface area contributed by atoms with E-state index in [1.165, 1.54) is 16.7 Å². The molecule has 0 radical (unpaired) electrons. The quantitative estimate of drug-likeness (QED) is 0.763. The predicted molar refractivity (Wildman–Crippen MR) is 113 cm³/mol. The zero-order valence-electron chi connectivity index (χ0n) is 16.4. The summed E-state index contributed by atoms with van der Waals surface area (Å²) in [6.07, 6.45) is -0.698. The third-order valence-corrected chi connectivity index (χ3v) is 6.74. The SMILES string of the molecule is CC1SCC(C(=O)O)N1C(=O)CNC(=O)OCC1c2ccccc2-c2ccccc21. The molecule has 2 unspecified atom stereocenters. The molecule has 0 saturated carbocycles. The molecule has 2 atom stereocenters. The molecule has 0 spiro atoms. The molecule has 1 aliphatic carbocycles. The molecule has 8 heteroatoms. The number of carboxylic acids is 1. The molecule has 2 N–H and O–H groups in total. The van der Waals surface area contributed by atoms with E-state index >= 15 is 0 Å². The van der Waals surface area contributed by atoms with Crippen LogP contribution in [-0.2, 0) is 14.3 Å². The summed E-state index contributed by atoms with van der Waals surface area (Å²) in [5.74, 6) is -1.20. The molecule has 4 rings (SSSR count). The monoisotopic (exact) mass is 426 g/mol. The molecule has 1 saturated heterocycles. The topological polar surface area (TPSA) is 95.9 Å². The van der Waals surface area contributed by atoms with Gasteiger partial charge in [-0.2, -0.15) is 0 Å². The van der Waals surface area contributed by atoms with Crippen LogP contribution in [0.3, 0.4) is 0 Å². The van der Waals surface area contributed by atoms with Crippen molar-refractivity contribution in [2.45, 2.75) is 24.3 Å². The van der Waals surface area contributed by atoms with Gasteiger partial charge in [-0.3, -0.25) is 4.79 Å². The van der Waals surface area contributed by atoms with Crippen molar-refractivity contribution in [2.75, 3.05) is 18.9 Å². The summed E-state index contributed by atoms with van der Waals surface area (Å²) < 4.78 is 5.41. The first-order valence-electron chi connectivity index (χ1n) is 9.71. The van der Waals surface area contributed by atoms with Crippen molar-refractivity contribution in [3.05, 3.63) is 59.7 Å². The normalized spacial score (nSPS) is 19.8. The molecule has 2 aliphatic rings. The van der Waals surface area contributed by atoms with Crippen LogP contribution < -0.4 is 5.32 Å². The van der Waals surface area contributed by atoms with Crippen LogP contribution in [-0.4, -0.2) is 58.3 Å². The summed E-state index contributed by atoms with van der Waals surface area (Å²) in [6.45, 7) is 1.63. The molecule has 1 heterocycles. The number of aliphatic carboxylic acids is 1. The van der Waals surface area contributed by atoms with Gasteiger partial charge in [0.1, 0.15) is 19.2 Å². The zero-order valence-corrected chi connectivity index (χ0v) is 17.2. The molecule has 2 aromatic rings. The van der Waals surface area contributed by atoms with E-state index in [1.807, 2.05) is 36.4 Å². The third-order valence-electron chi connectivity index (χ3n) is 5.52. The Morgan fingerprint density at radius 3 is 2.30 bits per heavy atom. The fourth-order valence-electron chi connectivity index (χ4n) is 4.10. The van der Waals surface area contributed by atoms with Crippen molar-refractivity contribution >= 4 is 29.7 Å². The smallest absolute Gasteiger partial charge is 0.407 e. The maximum atomic E-state index is 12.4. The summed E-state index contributed by atoms with van der Waals surface area (Å²) >= 11 is 1.40. The van der Waals surface area contributed by atoms with Crippen molar-refractivity contribution < 1.29 is 24.2 Å². The number of ether oxygens (including phenoxy) is 1. The minimum absolute atomic E-state index is 0.0646. The number of hydrogen-bond acceptors (Lipinski definition) is 5. The highest BCUT2D eigenvalue weighted by Gasteiger charge is 2.39. The first-order chi connectivity index (χ1) is 14.5. The number of rotatable bonds is 5. The summed E-state index contributed by atoms with van der Waals surface area (Å²) in [5.41, 5.74) is 4.49. The second-order valence-electron chi connectivity index (χ2n) is 7.27. The van der Waals surface area contributed by atoms with E-state index in [2.05, 4.69) is 17.4 Å². The van der Waals surface area contributed by atoms with E-state index in [9.17, 15) is 19.5 Å². The Labute approximate surface area is 178 Å². The van der Waals surface area contributed by atoms with Gasteiger partial charge in [-0.1, -0.05) is 48.5 Å². The van der Waals surface area contributed by atoms with Crippen LogP contribution in [0.5, 0.6) is 0 Å². The largest absolute Gasteiger partial charge is 0.480 e. The van der Waals surface area contributed by atoms with E-state index in [1.54, 1.807) is 6.92 Å². The molecule has 156 valence electrons. The van der Waals surface area contributed by atoms with Crippen molar-refractivity contribution in [3.63, 3.8) is 0 Å². The number of amides is 2. The number of carbonyl (C=O) groups is 3. The van der Waals surface area contributed by atoms with Crippen molar-refractivity contribution in [3.8, 4) is 11.1 Å². The highest BCUT2D eigenvalue weighted by Crippen LogP contribution is 2.44. The highest BCUT2D eigenvalue weighted by atomic mass is 32.2. The predicted octanol–water partition coefficient (Wildman–Crippen LogP) is 2.90. The maximum absolute atomic E-state index is 12.4. The Morgan fingerprint density at radius 1 is 1.10 bits per heavy atom. The van der Waals surface area contributed by atoms with Gasteiger partial charge in [0.05, 0.1) is 5.37 Å². The average molecular weight is 426 g/mol. The zero-order chi connectivity index (χ0) is 21.3. The Balaban J connectivity index is 1.36. The maximum Gasteiger partial charge on any atom is 0.407 e. The lowest BCUT2D eigenvalue weighted by atomic mass is 9.98. The average Bonchev–Trinajstić information content (AvgIpc) is 3.29. The van der Waals surface area contributed by atoms with Gasteiger partial charge in [0.2, 0.25) is 5.91 Å². The van der Waals surface area contributed by atoms with E-state index in [4.69, 9.17) is 4.74 Å². The lowest BCUT2D eigenvalue weighted by Gasteiger charge is -2.25. The number of benzene rings is 2. The molecule has 1 fully saturated rings. The second-order valence-corrected chi connectivity index (χ2v) is 8.62. The minimum Gasteiger partial charge on any atom is -0.480 e. The molecule has 1 aliphatic heterocycles. The summed E-state index contributed by atoms with van der Waals surface area (Å²) in [6, 6.07) is 15.2. The number of nitrogens with zero attached hydrogens (tertiary/aromatic N) is 1. The van der Waals surface area contributed by atoms with Gasteiger partial charge in [0.15, 0.2) is 0 Å². The molecule has 0 aromatic heterocycles. The van der Waals surface area contributed by atoms with Crippen LogP contribution in [0.2, 0.25) is 0 Å². The van der Waals surface area contributed by atoms with Gasteiger partial charge in [0, 0.05) is 11.7 Å². The molecular weight excluding hydrogens is 404 g/mol. The van der Waals surface area contributed by atoms with E-state index in [0.29, 0.717) is 5.75 Å². The molecule has 30 heavy (non-hydrogen) atoms.